The number of carbonyl (C=O) groups is 1. The smallest absolute Gasteiger partial charge is 0.308 e. The molecular weight excluding hydrogens is 368 g/mol. The summed E-state index contributed by atoms with van der Waals surface area (Å²) in [6, 6.07) is 6.34. The highest BCUT2D eigenvalue weighted by Gasteiger charge is 2.15. The van der Waals surface area contributed by atoms with Crippen molar-refractivity contribution in [3.8, 4) is 23.7 Å². The Bertz CT molecular complexity index is 840. The lowest BCUT2D eigenvalue weighted by Gasteiger charge is -2.19. The summed E-state index contributed by atoms with van der Waals surface area (Å²) in [5.74, 6) is 9.81. The lowest BCUT2D eigenvalue weighted by molar-refractivity contribution is -0.155. The van der Waals surface area contributed by atoms with E-state index >= 15 is 0 Å². The minimum Gasteiger partial charge on any atom is -0.460 e. The van der Waals surface area contributed by atoms with E-state index in [9.17, 15) is 13.2 Å². The van der Waals surface area contributed by atoms with Crippen molar-refractivity contribution in [1.82, 2.24) is 0 Å². The van der Waals surface area contributed by atoms with E-state index in [0.29, 0.717) is 0 Å². The van der Waals surface area contributed by atoms with E-state index in [1.54, 1.807) is 32.9 Å². The number of aryl methyl sites for hydroxylation is 1. The second-order valence-electron chi connectivity index (χ2n) is 6.52. The van der Waals surface area contributed by atoms with Crippen LogP contribution in [0.4, 0.5) is 0 Å². The highest BCUT2D eigenvalue weighted by atomic mass is 32.2. The summed E-state index contributed by atoms with van der Waals surface area (Å²) >= 11 is 0. The van der Waals surface area contributed by atoms with Gasteiger partial charge in [-0.2, -0.15) is 8.42 Å². The third-order valence-electron chi connectivity index (χ3n) is 2.88. The first kappa shape index (κ1) is 22.7. The maximum atomic E-state index is 11.9. The number of hydrogen-bond donors (Lipinski definition) is 0. The molecule has 7 heteroatoms. The molecule has 1 aromatic carbocycles. The maximum Gasteiger partial charge on any atom is 0.308 e. The Kier molecular flexibility index (Phi) is 9.04. The molecule has 0 spiro atoms. The molecular formula is C20H24O6S. The third kappa shape index (κ3) is 10.4. The fourth-order valence-electron chi connectivity index (χ4n) is 1.71. The van der Waals surface area contributed by atoms with Crippen molar-refractivity contribution in [1.29, 1.82) is 0 Å². The van der Waals surface area contributed by atoms with Gasteiger partial charge in [0.2, 0.25) is 0 Å². The second kappa shape index (κ2) is 10.7. The standard InChI is InChI=1S/C20H24O6S/c1-17-9-11-18(12-10-17)27(22,23)25-15-8-6-5-7-14-24-16-13-19(21)26-20(2,3)4/h9-12H,13-16H2,1-4H3. The predicted molar refractivity (Wildman–Crippen MR) is 101 cm³/mol. The number of esters is 1. The molecule has 146 valence electrons. The van der Waals surface area contributed by atoms with Gasteiger partial charge in [0.05, 0.1) is 17.9 Å². The highest BCUT2D eigenvalue weighted by molar-refractivity contribution is 7.86. The molecule has 0 fully saturated rings. The molecule has 0 heterocycles. The zero-order valence-electron chi connectivity index (χ0n) is 16.0. The average molecular weight is 392 g/mol. The Balaban J connectivity index is 2.26. The molecule has 0 aromatic heterocycles. The largest absolute Gasteiger partial charge is 0.460 e. The molecule has 0 N–H and O–H groups in total. The minimum atomic E-state index is -3.82. The molecule has 6 nitrogen and oxygen atoms in total. The number of ether oxygens (including phenoxy) is 2. The van der Waals surface area contributed by atoms with E-state index in [-0.39, 0.29) is 37.1 Å². The van der Waals surface area contributed by atoms with E-state index in [1.807, 2.05) is 6.92 Å². The molecule has 0 aliphatic rings. The van der Waals surface area contributed by atoms with Crippen LogP contribution in [-0.4, -0.2) is 39.8 Å². The van der Waals surface area contributed by atoms with Crippen molar-refractivity contribution in [2.24, 2.45) is 0 Å². The summed E-state index contributed by atoms with van der Waals surface area (Å²) in [4.78, 5) is 11.5. The van der Waals surface area contributed by atoms with Gasteiger partial charge in [0.25, 0.3) is 10.1 Å². The summed E-state index contributed by atoms with van der Waals surface area (Å²) < 4.78 is 38.9. The van der Waals surface area contributed by atoms with Gasteiger partial charge in [-0.25, -0.2) is 0 Å². The Morgan fingerprint density at radius 1 is 1.04 bits per heavy atom. The fourth-order valence-corrected chi connectivity index (χ4v) is 2.53. The summed E-state index contributed by atoms with van der Waals surface area (Å²) in [5, 5.41) is 0. The summed E-state index contributed by atoms with van der Waals surface area (Å²) in [6.45, 7) is 7.28. The monoisotopic (exact) mass is 392 g/mol. The van der Waals surface area contributed by atoms with E-state index in [1.165, 1.54) is 12.1 Å². The molecule has 0 atom stereocenters. The first-order valence-corrected chi connectivity index (χ1v) is 9.72. The van der Waals surface area contributed by atoms with Crippen LogP contribution < -0.4 is 0 Å². The quantitative estimate of drug-likeness (QED) is 0.307. The van der Waals surface area contributed by atoms with Crippen LogP contribution in [0.5, 0.6) is 0 Å². The molecule has 1 rings (SSSR count). The Hall–Kier alpha value is -2.32. The van der Waals surface area contributed by atoms with Gasteiger partial charge in [-0.1, -0.05) is 29.5 Å². The Morgan fingerprint density at radius 3 is 2.22 bits per heavy atom. The maximum absolute atomic E-state index is 11.9. The summed E-state index contributed by atoms with van der Waals surface area (Å²) in [7, 11) is -3.82. The second-order valence-corrected chi connectivity index (χ2v) is 8.14. The van der Waals surface area contributed by atoms with Crippen LogP contribution in [0.15, 0.2) is 29.2 Å². The fraction of sp³-hybridized carbons (Fsp3) is 0.450. The molecule has 1 aromatic rings. The van der Waals surface area contributed by atoms with Crippen LogP contribution in [0.25, 0.3) is 0 Å². The molecule has 27 heavy (non-hydrogen) atoms. The van der Waals surface area contributed by atoms with Crippen molar-refractivity contribution >= 4 is 16.1 Å². The number of hydrogen-bond acceptors (Lipinski definition) is 6. The van der Waals surface area contributed by atoms with Gasteiger partial charge < -0.3 is 9.47 Å². The molecule has 0 amide bonds. The topological polar surface area (TPSA) is 78.9 Å². The van der Waals surface area contributed by atoms with Crippen LogP contribution >= 0.6 is 0 Å². The van der Waals surface area contributed by atoms with Crippen LogP contribution in [-0.2, 0) is 28.6 Å². The van der Waals surface area contributed by atoms with Gasteiger partial charge >= 0.3 is 5.97 Å². The SMILES string of the molecule is Cc1ccc(S(=O)(=O)OCC#CC#CCOCCC(=O)OC(C)(C)C)cc1. The van der Waals surface area contributed by atoms with Crippen molar-refractivity contribution in [2.45, 2.75) is 44.6 Å². The number of carbonyl (C=O) groups excluding carboxylic acids is 1. The number of benzene rings is 1. The Morgan fingerprint density at radius 2 is 1.63 bits per heavy atom. The summed E-state index contributed by atoms with van der Waals surface area (Å²) in [5.41, 5.74) is 0.443. The van der Waals surface area contributed by atoms with E-state index < -0.39 is 15.7 Å². The van der Waals surface area contributed by atoms with E-state index in [0.717, 1.165) is 5.56 Å². The summed E-state index contributed by atoms with van der Waals surface area (Å²) in [6.07, 6.45) is 0.148. The van der Waals surface area contributed by atoms with Crippen molar-refractivity contribution < 1.29 is 26.9 Å². The van der Waals surface area contributed by atoms with Crippen LogP contribution in [0.1, 0.15) is 32.8 Å². The van der Waals surface area contributed by atoms with Gasteiger partial charge in [0.1, 0.15) is 18.8 Å². The Labute approximate surface area is 161 Å². The predicted octanol–water partition coefficient (Wildman–Crippen LogP) is 2.46. The lowest BCUT2D eigenvalue weighted by Crippen LogP contribution is -2.24. The molecule has 0 aliphatic heterocycles. The molecule has 0 unspecified atom stereocenters. The van der Waals surface area contributed by atoms with Crippen LogP contribution in [0.2, 0.25) is 0 Å². The normalized spacial score (nSPS) is 11.0. The molecule has 0 aliphatic carbocycles. The van der Waals surface area contributed by atoms with Crippen molar-refractivity contribution in [2.75, 3.05) is 19.8 Å². The van der Waals surface area contributed by atoms with Crippen LogP contribution in [0.3, 0.4) is 0 Å². The van der Waals surface area contributed by atoms with Crippen LogP contribution in [0, 0.1) is 30.6 Å². The van der Waals surface area contributed by atoms with Crippen molar-refractivity contribution in [3.63, 3.8) is 0 Å². The van der Waals surface area contributed by atoms with Gasteiger partial charge in [-0.15, -0.1) is 0 Å². The molecule has 0 saturated carbocycles. The number of rotatable bonds is 7. The van der Waals surface area contributed by atoms with Gasteiger partial charge in [-0.05, 0) is 51.7 Å². The zero-order valence-corrected chi connectivity index (χ0v) is 16.8. The van der Waals surface area contributed by atoms with E-state index in [2.05, 4.69) is 23.7 Å². The van der Waals surface area contributed by atoms with Gasteiger partial charge in [0.15, 0.2) is 0 Å². The highest BCUT2D eigenvalue weighted by Crippen LogP contribution is 2.12. The van der Waals surface area contributed by atoms with Crippen molar-refractivity contribution in [3.05, 3.63) is 29.8 Å². The zero-order chi connectivity index (χ0) is 20.3. The van der Waals surface area contributed by atoms with E-state index in [4.69, 9.17) is 13.7 Å². The first-order chi connectivity index (χ1) is 12.6. The molecule has 0 radical (unpaired) electrons. The average Bonchev–Trinajstić information content (AvgIpc) is 2.55. The third-order valence-corrected chi connectivity index (χ3v) is 4.16. The van der Waals surface area contributed by atoms with Gasteiger partial charge in [0, 0.05) is 0 Å². The molecule has 0 bridgehead atoms. The van der Waals surface area contributed by atoms with Gasteiger partial charge in [-0.3, -0.25) is 8.98 Å². The lowest BCUT2D eigenvalue weighted by atomic mass is 10.2. The minimum absolute atomic E-state index is 0.0828. The first-order valence-electron chi connectivity index (χ1n) is 8.31. The molecule has 0 saturated heterocycles.